The Labute approximate surface area is 170 Å². The molecule has 0 saturated carbocycles. The maximum absolute atomic E-state index is 11.9. The molecular formula is C22H24N4O3. The number of aryl methyl sites for hydroxylation is 1. The molecule has 29 heavy (non-hydrogen) atoms. The van der Waals surface area contributed by atoms with E-state index in [-0.39, 0.29) is 11.9 Å². The number of esters is 1. The number of pyridine rings is 1. The molecule has 1 unspecified atom stereocenters. The lowest BCUT2D eigenvalue weighted by Gasteiger charge is -2.17. The highest BCUT2D eigenvalue weighted by Crippen LogP contribution is 2.28. The number of anilines is 1. The lowest BCUT2D eigenvalue weighted by atomic mass is 9.97. The van der Waals surface area contributed by atoms with Crippen LogP contribution in [0, 0.1) is 6.92 Å². The second kappa shape index (κ2) is 9.14. The van der Waals surface area contributed by atoms with Crippen molar-refractivity contribution in [3.63, 3.8) is 0 Å². The highest BCUT2D eigenvalue weighted by atomic mass is 16.5. The fourth-order valence-electron chi connectivity index (χ4n) is 2.96. The molecule has 7 nitrogen and oxygen atoms in total. The van der Waals surface area contributed by atoms with Crippen molar-refractivity contribution >= 4 is 11.8 Å². The normalized spacial score (nSPS) is 11.6. The van der Waals surface area contributed by atoms with E-state index in [1.807, 2.05) is 25.1 Å². The smallest absolute Gasteiger partial charge is 0.337 e. The molecule has 0 amide bonds. The summed E-state index contributed by atoms with van der Waals surface area (Å²) in [6.45, 7) is 4.60. The first-order chi connectivity index (χ1) is 14.0. The minimum Gasteiger partial charge on any atom is -0.496 e. The molecule has 0 aliphatic rings. The van der Waals surface area contributed by atoms with Gasteiger partial charge in [-0.25, -0.2) is 14.8 Å². The summed E-state index contributed by atoms with van der Waals surface area (Å²) in [5.41, 5.74) is 4.10. The first-order valence-corrected chi connectivity index (χ1v) is 9.27. The number of aromatic nitrogens is 3. The van der Waals surface area contributed by atoms with E-state index in [0.717, 1.165) is 28.3 Å². The first-order valence-electron chi connectivity index (χ1n) is 9.27. The third-order valence-corrected chi connectivity index (χ3v) is 4.65. The molecule has 0 spiro atoms. The summed E-state index contributed by atoms with van der Waals surface area (Å²) in [5, 5.41) is 3.34. The molecule has 1 N–H and O–H groups in total. The average molecular weight is 392 g/mol. The average Bonchev–Trinajstić information content (AvgIpc) is 2.77. The molecular weight excluding hydrogens is 368 g/mol. The van der Waals surface area contributed by atoms with Gasteiger partial charge in [-0.3, -0.25) is 4.98 Å². The predicted octanol–water partition coefficient (Wildman–Crippen LogP) is 3.86. The Morgan fingerprint density at radius 1 is 1.10 bits per heavy atom. The van der Waals surface area contributed by atoms with Gasteiger partial charge in [0.25, 0.3) is 0 Å². The van der Waals surface area contributed by atoms with Crippen LogP contribution in [0.2, 0.25) is 0 Å². The lowest BCUT2D eigenvalue weighted by Crippen LogP contribution is -2.13. The van der Waals surface area contributed by atoms with E-state index in [1.54, 1.807) is 31.5 Å². The second-order valence-electron chi connectivity index (χ2n) is 6.71. The summed E-state index contributed by atoms with van der Waals surface area (Å²) in [6, 6.07) is 11.1. The minimum atomic E-state index is -0.374. The Bertz CT molecular complexity index is 990. The molecule has 7 heteroatoms. The number of ether oxygens (including phenoxy) is 2. The van der Waals surface area contributed by atoms with E-state index in [1.165, 1.54) is 13.4 Å². The van der Waals surface area contributed by atoms with Crippen LogP contribution in [0.1, 0.15) is 34.5 Å². The second-order valence-corrected chi connectivity index (χ2v) is 6.71. The van der Waals surface area contributed by atoms with Gasteiger partial charge in [-0.2, -0.15) is 0 Å². The van der Waals surface area contributed by atoms with Crippen LogP contribution >= 0.6 is 0 Å². The van der Waals surface area contributed by atoms with E-state index in [2.05, 4.69) is 27.2 Å². The van der Waals surface area contributed by atoms with Crippen molar-refractivity contribution in [3.8, 4) is 17.0 Å². The van der Waals surface area contributed by atoms with Crippen LogP contribution in [-0.2, 0) is 4.74 Å². The maximum atomic E-state index is 11.9. The van der Waals surface area contributed by atoms with Crippen molar-refractivity contribution in [3.05, 3.63) is 65.7 Å². The monoisotopic (exact) mass is 392 g/mol. The van der Waals surface area contributed by atoms with E-state index >= 15 is 0 Å². The van der Waals surface area contributed by atoms with Crippen molar-refractivity contribution in [2.24, 2.45) is 0 Å². The molecule has 1 aromatic carbocycles. The summed E-state index contributed by atoms with van der Waals surface area (Å²) >= 11 is 0. The quantitative estimate of drug-likeness (QED) is 0.611. The number of nitrogens with zero attached hydrogens (tertiary/aromatic N) is 3. The lowest BCUT2D eigenvalue weighted by molar-refractivity contribution is 0.0600. The van der Waals surface area contributed by atoms with E-state index in [0.29, 0.717) is 17.9 Å². The zero-order chi connectivity index (χ0) is 20.8. The highest BCUT2D eigenvalue weighted by Gasteiger charge is 2.16. The Balaban J connectivity index is 1.75. The highest BCUT2D eigenvalue weighted by molar-refractivity contribution is 5.89. The summed E-state index contributed by atoms with van der Waals surface area (Å²) in [7, 11) is 2.98. The van der Waals surface area contributed by atoms with Gasteiger partial charge in [-0.05, 0) is 42.8 Å². The van der Waals surface area contributed by atoms with Gasteiger partial charge in [0, 0.05) is 36.0 Å². The SMILES string of the molecule is COC(=O)c1ccc(OC)c(C(C)CNc2cc(-c3ccc(C)nc3)ncn2)c1. The molecule has 0 radical (unpaired) electrons. The number of hydrogen-bond acceptors (Lipinski definition) is 7. The molecule has 2 aromatic heterocycles. The van der Waals surface area contributed by atoms with Gasteiger partial charge in [0.2, 0.25) is 0 Å². The summed E-state index contributed by atoms with van der Waals surface area (Å²) in [6.07, 6.45) is 3.33. The number of hydrogen-bond donors (Lipinski definition) is 1. The third-order valence-electron chi connectivity index (χ3n) is 4.65. The van der Waals surface area contributed by atoms with Gasteiger partial charge in [0.05, 0.1) is 25.5 Å². The largest absolute Gasteiger partial charge is 0.496 e. The number of nitrogens with one attached hydrogen (secondary N) is 1. The van der Waals surface area contributed by atoms with Gasteiger partial charge in [0.15, 0.2) is 0 Å². The van der Waals surface area contributed by atoms with Crippen LogP contribution in [0.4, 0.5) is 5.82 Å². The van der Waals surface area contributed by atoms with E-state index in [4.69, 9.17) is 9.47 Å². The van der Waals surface area contributed by atoms with Crippen molar-refractivity contribution in [2.75, 3.05) is 26.1 Å². The molecule has 0 fully saturated rings. The first kappa shape index (κ1) is 20.3. The van der Waals surface area contributed by atoms with Crippen molar-refractivity contribution in [1.29, 1.82) is 0 Å². The van der Waals surface area contributed by atoms with Crippen LogP contribution in [0.5, 0.6) is 5.75 Å². The Hall–Kier alpha value is -3.48. The number of methoxy groups -OCH3 is 2. The van der Waals surface area contributed by atoms with Crippen LogP contribution < -0.4 is 10.1 Å². The van der Waals surface area contributed by atoms with Crippen molar-refractivity contribution < 1.29 is 14.3 Å². The molecule has 0 aliphatic carbocycles. The maximum Gasteiger partial charge on any atom is 0.337 e. The zero-order valence-electron chi connectivity index (χ0n) is 17.0. The third kappa shape index (κ3) is 4.87. The number of benzene rings is 1. The molecule has 0 saturated heterocycles. The standard InChI is InChI=1S/C22H24N4O3/c1-14(18-9-16(22(27)29-4)7-8-20(18)28-3)11-24-21-10-19(25-13-26-21)17-6-5-15(2)23-12-17/h5-10,12-14H,11H2,1-4H3,(H,24,25,26). The molecule has 2 heterocycles. The van der Waals surface area contributed by atoms with Crippen LogP contribution in [-0.4, -0.2) is 41.7 Å². The molecule has 150 valence electrons. The van der Waals surface area contributed by atoms with Crippen LogP contribution in [0.3, 0.4) is 0 Å². The van der Waals surface area contributed by atoms with Crippen LogP contribution in [0.25, 0.3) is 11.3 Å². The molecule has 0 bridgehead atoms. The Morgan fingerprint density at radius 2 is 1.93 bits per heavy atom. The van der Waals surface area contributed by atoms with Gasteiger partial charge in [-0.15, -0.1) is 0 Å². The molecule has 0 aliphatic heterocycles. The topological polar surface area (TPSA) is 86.2 Å². The van der Waals surface area contributed by atoms with Gasteiger partial charge in [0.1, 0.15) is 17.9 Å². The Morgan fingerprint density at radius 3 is 2.62 bits per heavy atom. The number of rotatable bonds is 7. The molecule has 1 atom stereocenters. The Kier molecular flexibility index (Phi) is 6.39. The van der Waals surface area contributed by atoms with E-state index in [9.17, 15) is 4.79 Å². The fraction of sp³-hybridized carbons (Fsp3) is 0.273. The molecule has 3 aromatic rings. The van der Waals surface area contributed by atoms with Crippen LogP contribution in [0.15, 0.2) is 48.9 Å². The van der Waals surface area contributed by atoms with Gasteiger partial charge < -0.3 is 14.8 Å². The predicted molar refractivity (Wildman–Crippen MR) is 111 cm³/mol. The molecule has 3 rings (SSSR count). The van der Waals surface area contributed by atoms with E-state index < -0.39 is 0 Å². The van der Waals surface area contributed by atoms with Crippen molar-refractivity contribution in [2.45, 2.75) is 19.8 Å². The minimum absolute atomic E-state index is 0.0639. The van der Waals surface area contributed by atoms with Gasteiger partial charge >= 0.3 is 5.97 Å². The number of carbonyl (C=O) groups excluding carboxylic acids is 1. The summed E-state index contributed by atoms with van der Waals surface area (Å²) in [4.78, 5) is 24.8. The number of carbonyl (C=O) groups is 1. The summed E-state index contributed by atoms with van der Waals surface area (Å²) in [5.74, 6) is 1.13. The summed E-state index contributed by atoms with van der Waals surface area (Å²) < 4.78 is 10.3. The zero-order valence-corrected chi connectivity index (χ0v) is 17.0. The van der Waals surface area contributed by atoms with Gasteiger partial charge in [-0.1, -0.05) is 6.92 Å². The fourth-order valence-corrected chi connectivity index (χ4v) is 2.96. The van der Waals surface area contributed by atoms with Crippen molar-refractivity contribution in [1.82, 2.24) is 15.0 Å².